The first kappa shape index (κ1) is 12.7. The van der Waals surface area contributed by atoms with E-state index in [2.05, 4.69) is 10.3 Å². The largest absolute Gasteiger partial charge is 0.370 e. The van der Waals surface area contributed by atoms with E-state index in [0.717, 1.165) is 12.8 Å². The second kappa shape index (κ2) is 7.14. The number of amides is 1. The summed E-state index contributed by atoms with van der Waals surface area (Å²) in [6.07, 6.45) is 1.67. The Hall–Kier alpha value is -1.30. The average molecular weight is 201 g/mol. The summed E-state index contributed by atoms with van der Waals surface area (Å²) < 4.78 is 0. The smallest absolute Gasteiger partial charge is 0.233 e. The number of guanidine groups is 1. The van der Waals surface area contributed by atoms with Crippen LogP contribution in [-0.2, 0) is 4.79 Å². The first-order valence-corrected chi connectivity index (χ1v) is 4.61. The molecule has 0 radical (unpaired) electrons. The number of hydrogen-bond donors (Lipinski definition) is 4. The highest BCUT2D eigenvalue weighted by Crippen LogP contribution is 1.96. The Bertz CT molecular complexity index is 200. The average Bonchev–Trinajstić information content (AvgIpc) is 2.12. The minimum absolute atomic E-state index is 0.0260. The molecule has 0 aliphatic heterocycles. The molecule has 0 spiro atoms. The van der Waals surface area contributed by atoms with Gasteiger partial charge < -0.3 is 22.5 Å². The zero-order chi connectivity index (χ0) is 11.0. The number of aliphatic imine (C=N–C) groups is 1. The molecule has 0 aromatic heterocycles. The van der Waals surface area contributed by atoms with Crippen molar-refractivity contribution >= 4 is 11.9 Å². The summed E-state index contributed by atoms with van der Waals surface area (Å²) in [7, 11) is 0. The van der Waals surface area contributed by atoms with Crippen LogP contribution in [0.2, 0.25) is 0 Å². The molecule has 1 unspecified atom stereocenters. The highest BCUT2D eigenvalue weighted by Gasteiger charge is 2.04. The van der Waals surface area contributed by atoms with E-state index in [1.54, 1.807) is 0 Å². The summed E-state index contributed by atoms with van der Waals surface area (Å²) in [4.78, 5) is 14.7. The molecule has 6 nitrogen and oxygen atoms in total. The van der Waals surface area contributed by atoms with Crippen molar-refractivity contribution in [3.63, 3.8) is 0 Å². The maximum atomic E-state index is 10.9. The maximum Gasteiger partial charge on any atom is 0.233 e. The van der Waals surface area contributed by atoms with Gasteiger partial charge in [0.05, 0.1) is 6.54 Å². The van der Waals surface area contributed by atoms with E-state index in [-0.39, 0.29) is 24.5 Å². The predicted octanol–water partition coefficient (Wildman–Crippen LogP) is -1.50. The Morgan fingerprint density at radius 2 is 2.14 bits per heavy atom. The van der Waals surface area contributed by atoms with Crippen LogP contribution in [0.3, 0.4) is 0 Å². The van der Waals surface area contributed by atoms with Crippen LogP contribution in [0.5, 0.6) is 0 Å². The third-order valence-corrected chi connectivity index (χ3v) is 1.68. The van der Waals surface area contributed by atoms with Crippen LogP contribution in [0.1, 0.15) is 19.8 Å². The fourth-order valence-electron chi connectivity index (χ4n) is 1.01. The highest BCUT2D eigenvalue weighted by molar-refractivity contribution is 5.78. The molecule has 1 amide bonds. The Balaban J connectivity index is 3.49. The zero-order valence-corrected chi connectivity index (χ0v) is 8.49. The van der Waals surface area contributed by atoms with Crippen LogP contribution in [0.15, 0.2) is 4.99 Å². The SMILES string of the molecule is CC(CCCN=C(N)N)NC(=O)CN. The summed E-state index contributed by atoms with van der Waals surface area (Å²) in [5, 5.41) is 2.74. The number of rotatable bonds is 6. The summed E-state index contributed by atoms with van der Waals surface area (Å²) in [5.41, 5.74) is 15.5. The molecule has 0 aliphatic rings. The molecular weight excluding hydrogens is 182 g/mol. The van der Waals surface area contributed by atoms with Crippen molar-refractivity contribution in [3.8, 4) is 0 Å². The monoisotopic (exact) mass is 201 g/mol. The van der Waals surface area contributed by atoms with Gasteiger partial charge in [-0.3, -0.25) is 9.79 Å². The molecule has 0 bridgehead atoms. The quantitative estimate of drug-likeness (QED) is 0.237. The van der Waals surface area contributed by atoms with Gasteiger partial charge in [0.25, 0.3) is 0 Å². The maximum absolute atomic E-state index is 10.9. The van der Waals surface area contributed by atoms with Crippen molar-refractivity contribution in [2.45, 2.75) is 25.8 Å². The van der Waals surface area contributed by atoms with Gasteiger partial charge in [0.1, 0.15) is 0 Å². The Labute approximate surface area is 83.9 Å². The van der Waals surface area contributed by atoms with Crippen LogP contribution < -0.4 is 22.5 Å². The topological polar surface area (TPSA) is 120 Å². The molecule has 0 aromatic carbocycles. The highest BCUT2D eigenvalue weighted by atomic mass is 16.1. The fourth-order valence-corrected chi connectivity index (χ4v) is 1.01. The molecule has 82 valence electrons. The molecule has 0 fully saturated rings. The Kier molecular flexibility index (Phi) is 6.47. The lowest BCUT2D eigenvalue weighted by Gasteiger charge is -2.11. The minimum Gasteiger partial charge on any atom is -0.370 e. The summed E-state index contributed by atoms with van der Waals surface area (Å²) in [6, 6.07) is 0.111. The van der Waals surface area contributed by atoms with Crippen molar-refractivity contribution in [1.29, 1.82) is 0 Å². The molecule has 14 heavy (non-hydrogen) atoms. The normalized spacial score (nSPS) is 11.9. The van der Waals surface area contributed by atoms with Gasteiger partial charge in [-0.05, 0) is 19.8 Å². The number of carbonyl (C=O) groups excluding carboxylic acids is 1. The van der Waals surface area contributed by atoms with Crippen LogP contribution in [0, 0.1) is 0 Å². The van der Waals surface area contributed by atoms with Crippen LogP contribution in [0.4, 0.5) is 0 Å². The Morgan fingerprint density at radius 1 is 1.50 bits per heavy atom. The van der Waals surface area contributed by atoms with Crippen LogP contribution >= 0.6 is 0 Å². The van der Waals surface area contributed by atoms with E-state index in [1.807, 2.05) is 6.92 Å². The lowest BCUT2D eigenvalue weighted by molar-refractivity contribution is -0.120. The van der Waals surface area contributed by atoms with Gasteiger partial charge in [0.15, 0.2) is 5.96 Å². The summed E-state index contributed by atoms with van der Waals surface area (Å²) >= 11 is 0. The molecule has 1 atom stereocenters. The molecule has 0 saturated carbocycles. The lowest BCUT2D eigenvalue weighted by Crippen LogP contribution is -2.37. The predicted molar refractivity (Wildman–Crippen MR) is 56.6 cm³/mol. The van der Waals surface area contributed by atoms with Gasteiger partial charge >= 0.3 is 0 Å². The van der Waals surface area contributed by atoms with Crippen molar-refractivity contribution in [2.24, 2.45) is 22.2 Å². The van der Waals surface area contributed by atoms with Gasteiger partial charge in [-0.1, -0.05) is 0 Å². The molecule has 0 rings (SSSR count). The van der Waals surface area contributed by atoms with E-state index in [9.17, 15) is 4.79 Å². The van der Waals surface area contributed by atoms with Gasteiger partial charge in [-0.2, -0.15) is 0 Å². The Morgan fingerprint density at radius 3 is 2.64 bits per heavy atom. The third kappa shape index (κ3) is 7.35. The van der Waals surface area contributed by atoms with Gasteiger partial charge in [-0.25, -0.2) is 0 Å². The molecule has 0 saturated heterocycles. The molecule has 0 aliphatic carbocycles. The first-order valence-electron chi connectivity index (χ1n) is 4.61. The van der Waals surface area contributed by atoms with Crippen LogP contribution in [-0.4, -0.2) is 31.0 Å². The van der Waals surface area contributed by atoms with E-state index < -0.39 is 0 Å². The second-order valence-corrected chi connectivity index (χ2v) is 3.12. The number of hydrogen-bond acceptors (Lipinski definition) is 3. The summed E-state index contributed by atoms with van der Waals surface area (Å²) in [6.45, 7) is 2.53. The van der Waals surface area contributed by atoms with Crippen molar-refractivity contribution in [2.75, 3.05) is 13.1 Å². The lowest BCUT2D eigenvalue weighted by atomic mass is 10.2. The minimum atomic E-state index is -0.139. The van der Waals surface area contributed by atoms with Crippen molar-refractivity contribution in [3.05, 3.63) is 0 Å². The van der Waals surface area contributed by atoms with Crippen molar-refractivity contribution in [1.82, 2.24) is 5.32 Å². The third-order valence-electron chi connectivity index (χ3n) is 1.68. The molecule has 7 N–H and O–H groups in total. The first-order chi connectivity index (χ1) is 6.56. The van der Waals surface area contributed by atoms with E-state index in [4.69, 9.17) is 17.2 Å². The van der Waals surface area contributed by atoms with E-state index in [0.29, 0.717) is 6.54 Å². The number of nitrogens with two attached hydrogens (primary N) is 3. The summed E-state index contributed by atoms with van der Waals surface area (Å²) in [5.74, 6) is -0.0389. The molecule has 0 heterocycles. The van der Waals surface area contributed by atoms with E-state index in [1.165, 1.54) is 0 Å². The number of nitrogens with zero attached hydrogens (tertiary/aromatic N) is 1. The van der Waals surface area contributed by atoms with E-state index >= 15 is 0 Å². The number of carbonyl (C=O) groups is 1. The van der Waals surface area contributed by atoms with Gasteiger partial charge in [0, 0.05) is 12.6 Å². The zero-order valence-electron chi connectivity index (χ0n) is 8.49. The van der Waals surface area contributed by atoms with Crippen molar-refractivity contribution < 1.29 is 4.79 Å². The molecule has 0 aromatic rings. The molecule has 6 heteroatoms. The molecular formula is C8H19N5O. The standard InChI is InChI=1S/C8H19N5O/c1-6(13-7(14)5-9)3-2-4-12-8(10)11/h6H,2-5,9H2,1H3,(H,13,14)(H4,10,11,12). The fraction of sp³-hybridized carbons (Fsp3) is 0.750. The number of nitrogens with one attached hydrogen (secondary N) is 1. The second-order valence-electron chi connectivity index (χ2n) is 3.12. The van der Waals surface area contributed by atoms with Gasteiger partial charge in [-0.15, -0.1) is 0 Å². The van der Waals surface area contributed by atoms with Crippen LogP contribution in [0.25, 0.3) is 0 Å². The van der Waals surface area contributed by atoms with Gasteiger partial charge in [0.2, 0.25) is 5.91 Å².